The number of likely N-dealkylation sites (tertiary alicyclic amines) is 1. The molecular weight excluding hydrogens is 707 g/mol. The van der Waals surface area contributed by atoms with Crippen LogP contribution in [-0.2, 0) is 29.0 Å². The summed E-state index contributed by atoms with van der Waals surface area (Å²) in [5, 5.41) is 11.7. The predicted molar refractivity (Wildman–Crippen MR) is 209 cm³/mol. The fourth-order valence-corrected chi connectivity index (χ4v) is 11.8. The van der Waals surface area contributed by atoms with Gasteiger partial charge in [0.25, 0.3) is 5.91 Å². The average molecular weight is 774 g/mol. The van der Waals surface area contributed by atoms with E-state index < -0.39 is 67.3 Å². The van der Waals surface area contributed by atoms with Crippen LogP contribution in [0, 0.1) is 28.6 Å². The highest BCUT2D eigenvalue weighted by molar-refractivity contribution is 7.92. The lowest BCUT2D eigenvalue weighted by molar-refractivity contribution is -0.146. The number of rotatable bonds is 16. The Kier molecular flexibility index (Phi) is 12.7. The number of nitrogens with one attached hydrogen (secondary N) is 4. The third kappa shape index (κ3) is 8.70. The number of fused-ring (bicyclic) bond motifs is 1. The van der Waals surface area contributed by atoms with Crippen LogP contribution in [0.5, 0.6) is 0 Å². The van der Waals surface area contributed by atoms with E-state index in [9.17, 15) is 32.4 Å². The molecule has 0 spiro atoms. The highest BCUT2D eigenvalue weighted by atomic mass is 32.2. The van der Waals surface area contributed by atoms with Crippen LogP contribution in [0.2, 0.25) is 0 Å². The van der Waals surface area contributed by atoms with Crippen molar-refractivity contribution in [2.75, 3.05) is 18.8 Å². The van der Waals surface area contributed by atoms with E-state index in [0.29, 0.717) is 45.1 Å². The van der Waals surface area contributed by atoms with Crippen molar-refractivity contribution in [3.05, 3.63) is 12.7 Å². The Morgan fingerprint density at radius 3 is 2.07 bits per heavy atom. The van der Waals surface area contributed by atoms with Gasteiger partial charge in [0.05, 0.1) is 22.1 Å². The second kappa shape index (κ2) is 16.3. The van der Waals surface area contributed by atoms with Crippen molar-refractivity contribution in [1.29, 1.82) is 0 Å². The second-order valence-corrected chi connectivity index (χ2v) is 21.4. The molecule has 5 fully saturated rings. The zero-order valence-corrected chi connectivity index (χ0v) is 34.5. The van der Waals surface area contributed by atoms with Gasteiger partial charge in [0.1, 0.15) is 12.1 Å². The molecule has 304 valence electrons. The topological polar surface area (TPSA) is 171 Å². The molecule has 4 saturated carbocycles. The van der Waals surface area contributed by atoms with Gasteiger partial charge in [-0.2, -0.15) is 0 Å². The number of Topliss-reactive ketones (excluding diaryl/α,β-unsaturated/α-hetero) is 1. The molecule has 13 heteroatoms. The minimum absolute atomic E-state index is 0.0696. The number of ketones is 1. The fraction of sp³-hybridized carbons (Fsp3) is 0.829. The van der Waals surface area contributed by atoms with Crippen molar-refractivity contribution >= 4 is 39.4 Å². The van der Waals surface area contributed by atoms with Crippen LogP contribution in [0.1, 0.15) is 138 Å². The molecule has 4 N–H and O–H groups in total. The quantitative estimate of drug-likeness (QED) is 0.127. The third-order valence-electron chi connectivity index (χ3n) is 14.4. The van der Waals surface area contributed by atoms with Crippen molar-refractivity contribution in [1.82, 2.24) is 26.2 Å². The molecule has 5 atom stereocenters. The first-order chi connectivity index (χ1) is 25.3. The number of sulfone groups is 1. The monoisotopic (exact) mass is 773 g/mol. The molecule has 0 bridgehead atoms. The van der Waals surface area contributed by atoms with E-state index in [-0.39, 0.29) is 41.4 Å². The summed E-state index contributed by atoms with van der Waals surface area (Å²) in [7, 11) is -3.58. The van der Waals surface area contributed by atoms with Gasteiger partial charge in [-0.15, -0.1) is 6.58 Å². The zero-order chi connectivity index (χ0) is 39.7. The number of hydrogen-bond donors (Lipinski definition) is 4. The lowest BCUT2D eigenvalue weighted by Crippen LogP contribution is -2.65. The molecule has 12 nitrogen and oxygen atoms in total. The van der Waals surface area contributed by atoms with Gasteiger partial charge >= 0.3 is 6.03 Å². The minimum atomic E-state index is -3.58. The maximum Gasteiger partial charge on any atom is 0.315 e. The van der Waals surface area contributed by atoms with Crippen molar-refractivity contribution in [2.24, 2.45) is 28.6 Å². The standard InChI is InChI=1S/C41H67N5O7S/c1-8-23-42-35(49)32(47)29(24-27-17-16-18-27)43-34(48)31-30-28(39(30,5)6)25-46(31)36(50)33(40(7)19-12-10-13-20-40)44-37(51)45-41(21-14-11-15-22-41)26-54(52,53)38(3,4)9-2/h8,27-31,33H,1,9-26H2,2-7H3,(H,42,49)(H,43,48)(H2,44,45,51)/t28?,29?,30-,31-,33+/m0/s1. The maximum atomic E-state index is 15.0. The Labute approximate surface area is 323 Å². The summed E-state index contributed by atoms with van der Waals surface area (Å²) >= 11 is 0. The predicted octanol–water partition coefficient (Wildman–Crippen LogP) is 4.96. The van der Waals surface area contributed by atoms with E-state index >= 15 is 0 Å². The summed E-state index contributed by atoms with van der Waals surface area (Å²) in [5.74, 6) is -2.26. The Morgan fingerprint density at radius 2 is 1.52 bits per heavy atom. The summed E-state index contributed by atoms with van der Waals surface area (Å²) in [4.78, 5) is 71.4. The summed E-state index contributed by atoms with van der Waals surface area (Å²) in [6.07, 6.45) is 13.1. The van der Waals surface area contributed by atoms with Gasteiger partial charge in [-0.3, -0.25) is 19.2 Å². The molecule has 54 heavy (non-hydrogen) atoms. The number of carbonyl (C=O) groups excluding carboxylic acids is 5. The average Bonchev–Trinajstić information content (AvgIpc) is 3.40. The largest absolute Gasteiger partial charge is 0.346 e. The van der Waals surface area contributed by atoms with Crippen LogP contribution in [0.3, 0.4) is 0 Å². The van der Waals surface area contributed by atoms with Crippen LogP contribution in [0.15, 0.2) is 12.7 Å². The Bertz CT molecular complexity index is 1560. The number of nitrogens with zero attached hydrogens (tertiary/aromatic N) is 1. The molecule has 5 aliphatic rings. The van der Waals surface area contributed by atoms with Crippen molar-refractivity contribution < 1.29 is 32.4 Å². The molecule has 5 amide bonds. The fourth-order valence-electron chi connectivity index (χ4n) is 9.84. The van der Waals surface area contributed by atoms with Crippen molar-refractivity contribution in [2.45, 2.75) is 166 Å². The highest BCUT2D eigenvalue weighted by Gasteiger charge is 2.70. The first-order valence-corrected chi connectivity index (χ1v) is 22.3. The Hall–Kier alpha value is -2.96. The second-order valence-electron chi connectivity index (χ2n) is 18.8. The van der Waals surface area contributed by atoms with Gasteiger partial charge in [0.2, 0.25) is 17.6 Å². The molecule has 1 heterocycles. The molecule has 0 aromatic heterocycles. The van der Waals surface area contributed by atoms with E-state index in [1.165, 1.54) is 6.08 Å². The van der Waals surface area contributed by atoms with Crippen LogP contribution in [0.25, 0.3) is 0 Å². The molecule has 1 aliphatic heterocycles. The van der Waals surface area contributed by atoms with E-state index in [2.05, 4.69) is 41.7 Å². The van der Waals surface area contributed by atoms with Gasteiger partial charge in [-0.05, 0) is 81.0 Å². The van der Waals surface area contributed by atoms with Crippen LogP contribution >= 0.6 is 0 Å². The summed E-state index contributed by atoms with van der Waals surface area (Å²) < 4.78 is 26.4. The lowest BCUT2D eigenvalue weighted by Gasteiger charge is -2.44. The van der Waals surface area contributed by atoms with Crippen LogP contribution < -0.4 is 21.3 Å². The zero-order valence-electron chi connectivity index (χ0n) is 33.7. The molecule has 0 aromatic carbocycles. The maximum absolute atomic E-state index is 15.0. The van der Waals surface area contributed by atoms with Crippen LogP contribution in [0.4, 0.5) is 4.79 Å². The van der Waals surface area contributed by atoms with E-state index in [4.69, 9.17) is 0 Å². The number of piperidine rings is 1. The molecule has 0 aromatic rings. The molecule has 2 unspecified atom stereocenters. The van der Waals surface area contributed by atoms with Crippen molar-refractivity contribution in [3.63, 3.8) is 0 Å². The van der Waals surface area contributed by atoms with Gasteiger partial charge in [0.15, 0.2) is 9.84 Å². The number of urea groups is 1. The molecule has 0 radical (unpaired) electrons. The summed E-state index contributed by atoms with van der Waals surface area (Å²) in [6.45, 7) is 15.6. The minimum Gasteiger partial charge on any atom is -0.346 e. The van der Waals surface area contributed by atoms with Gasteiger partial charge in [0, 0.05) is 13.1 Å². The van der Waals surface area contributed by atoms with Gasteiger partial charge in [-0.1, -0.05) is 91.6 Å². The molecule has 4 aliphatic carbocycles. The van der Waals surface area contributed by atoms with Gasteiger partial charge in [-0.25, -0.2) is 13.2 Å². The number of carbonyl (C=O) groups is 5. The summed E-state index contributed by atoms with van der Waals surface area (Å²) in [5.41, 5.74) is -1.73. The first-order valence-electron chi connectivity index (χ1n) is 20.7. The normalized spacial score (nSPS) is 26.9. The van der Waals surface area contributed by atoms with Gasteiger partial charge < -0.3 is 26.2 Å². The molecule has 5 rings (SSSR count). The first kappa shape index (κ1) is 42.2. The number of amides is 5. The lowest BCUT2D eigenvalue weighted by atomic mass is 9.70. The SMILES string of the molecule is C=CCNC(=O)C(=O)C(CC1CCC1)NC(=O)[C@@H]1[C@@H]2C(CN1C(=O)[C@@H](NC(=O)NC1(CS(=O)(=O)C(C)(C)CC)CCCCC1)C1(C)CCCCC1)C2(C)C. The molecular formula is C41H67N5O7S. The Balaban J connectivity index is 1.40. The highest BCUT2D eigenvalue weighted by Crippen LogP contribution is 2.65. The van der Waals surface area contributed by atoms with E-state index in [1.54, 1.807) is 18.7 Å². The summed E-state index contributed by atoms with van der Waals surface area (Å²) in [6, 6.07) is -3.39. The molecule has 1 saturated heterocycles. The smallest absolute Gasteiger partial charge is 0.315 e. The van der Waals surface area contributed by atoms with E-state index in [1.807, 2.05) is 13.8 Å². The van der Waals surface area contributed by atoms with Crippen molar-refractivity contribution in [3.8, 4) is 0 Å². The number of hydrogen-bond acceptors (Lipinski definition) is 7. The Morgan fingerprint density at radius 1 is 0.907 bits per heavy atom. The van der Waals surface area contributed by atoms with E-state index in [0.717, 1.165) is 57.8 Å². The third-order valence-corrected chi connectivity index (χ3v) is 17.3. The van der Waals surface area contributed by atoms with Crippen LogP contribution in [-0.4, -0.2) is 90.1 Å².